The zero-order valence-corrected chi connectivity index (χ0v) is 5.64. The number of ether oxygens (including phenoxy) is 2. The zero-order chi connectivity index (χ0) is 7.11. The second-order valence-electron chi connectivity index (χ2n) is 1.41. The Morgan fingerprint density at radius 1 is 1.67 bits per heavy atom. The molecular formula is C5H11NO3. The van der Waals surface area contributed by atoms with Gasteiger partial charge in [-0.2, -0.15) is 0 Å². The van der Waals surface area contributed by atoms with E-state index in [1.807, 2.05) is 0 Å². The Hall–Kier alpha value is -0.770. The Balaban J connectivity index is 2.97. The average molecular weight is 133 g/mol. The molecular weight excluding hydrogens is 122 g/mol. The maximum absolute atomic E-state index is 10.2. The van der Waals surface area contributed by atoms with Gasteiger partial charge in [-0.3, -0.25) is 0 Å². The van der Waals surface area contributed by atoms with Crippen LogP contribution in [0.5, 0.6) is 0 Å². The minimum Gasteiger partial charge on any atom is -0.438 e. The minimum atomic E-state index is -0.634. The van der Waals surface area contributed by atoms with Gasteiger partial charge in [0, 0.05) is 6.54 Å². The number of nitrogens with one attached hydrogen (secondary N) is 1. The molecule has 4 nitrogen and oxygen atoms in total. The van der Waals surface area contributed by atoms with Gasteiger partial charge in [-0.05, 0) is 7.05 Å². The molecule has 1 N–H and O–H groups in total. The summed E-state index contributed by atoms with van der Waals surface area (Å²) < 4.78 is 8.72. The summed E-state index contributed by atoms with van der Waals surface area (Å²) in [6, 6.07) is 0. The van der Waals surface area contributed by atoms with Gasteiger partial charge in [0.1, 0.15) is 6.61 Å². The first-order chi connectivity index (χ1) is 4.31. The van der Waals surface area contributed by atoms with Crippen LogP contribution in [0.25, 0.3) is 0 Å². The first kappa shape index (κ1) is 8.23. The van der Waals surface area contributed by atoms with Crippen molar-refractivity contribution in [2.24, 2.45) is 0 Å². The van der Waals surface area contributed by atoms with Gasteiger partial charge in [-0.1, -0.05) is 0 Å². The highest BCUT2D eigenvalue weighted by Gasteiger charge is 1.96. The van der Waals surface area contributed by atoms with Gasteiger partial charge in [0.15, 0.2) is 0 Å². The molecule has 0 rings (SSSR count). The first-order valence-electron chi connectivity index (χ1n) is 2.66. The van der Waals surface area contributed by atoms with Crippen molar-refractivity contribution in [1.82, 2.24) is 5.32 Å². The maximum Gasteiger partial charge on any atom is 0.508 e. The van der Waals surface area contributed by atoms with E-state index in [2.05, 4.69) is 14.8 Å². The number of likely N-dealkylation sites (N-methyl/N-ethyl adjacent to an activating group) is 1. The Bertz CT molecular complexity index is 84.3. The van der Waals surface area contributed by atoms with E-state index in [-0.39, 0.29) is 0 Å². The lowest BCUT2D eigenvalue weighted by molar-refractivity contribution is 0.0739. The minimum absolute atomic E-state index is 0.350. The van der Waals surface area contributed by atoms with Crippen LogP contribution in [0, 0.1) is 0 Å². The van der Waals surface area contributed by atoms with Crippen molar-refractivity contribution in [3.8, 4) is 0 Å². The maximum atomic E-state index is 10.2. The van der Waals surface area contributed by atoms with E-state index in [0.29, 0.717) is 13.2 Å². The molecule has 0 unspecified atom stereocenters. The molecule has 0 amide bonds. The lowest BCUT2D eigenvalue weighted by Gasteiger charge is -2.00. The van der Waals surface area contributed by atoms with Crippen LogP contribution in [-0.4, -0.2) is 33.5 Å². The third-order valence-electron chi connectivity index (χ3n) is 0.739. The summed E-state index contributed by atoms with van der Waals surface area (Å²) in [7, 11) is 3.06. The molecule has 0 aliphatic rings. The Kier molecular flexibility index (Phi) is 4.91. The molecule has 0 heterocycles. The molecule has 0 aromatic heterocycles. The van der Waals surface area contributed by atoms with E-state index in [9.17, 15) is 4.79 Å². The van der Waals surface area contributed by atoms with Crippen molar-refractivity contribution in [2.75, 3.05) is 27.3 Å². The first-order valence-corrected chi connectivity index (χ1v) is 2.66. The van der Waals surface area contributed by atoms with E-state index in [1.165, 1.54) is 7.11 Å². The monoisotopic (exact) mass is 133 g/mol. The van der Waals surface area contributed by atoms with Gasteiger partial charge in [0.05, 0.1) is 7.11 Å². The van der Waals surface area contributed by atoms with Crippen molar-refractivity contribution in [2.45, 2.75) is 0 Å². The van der Waals surface area contributed by atoms with Gasteiger partial charge >= 0.3 is 6.16 Å². The van der Waals surface area contributed by atoms with Gasteiger partial charge in [-0.25, -0.2) is 4.79 Å². The predicted molar refractivity (Wildman–Crippen MR) is 32.3 cm³/mol. The van der Waals surface area contributed by atoms with Gasteiger partial charge in [-0.15, -0.1) is 0 Å². The average Bonchev–Trinajstić information content (AvgIpc) is 1.89. The van der Waals surface area contributed by atoms with E-state index >= 15 is 0 Å². The summed E-state index contributed by atoms with van der Waals surface area (Å²) in [4.78, 5) is 10.2. The van der Waals surface area contributed by atoms with Crippen LogP contribution in [0.15, 0.2) is 0 Å². The normalized spacial score (nSPS) is 8.67. The molecule has 0 atom stereocenters. The number of carbonyl (C=O) groups is 1. The molecule has 0 aliphatic heterocycles. The molecule has 4 heteroatoms. The number of rotatable bonds is 3. The predicted octanol–water partition coefficient (Wildman–Crippen LogP) is -0.0112. The van der Waals surface area contributed by atoms with E-state index < -0.39 is 6.16 Å². The van der Waals surface area contributed by atoms with Crippen molar-refractivity contribution in [3.05, 3.63) is 0 Å². The van der Waals surface area contributed by atoms with Crippen LogP contribution in [0.1, 0.15) is 0 Å². The van der Waals surface area contributed by atoms with Crippen molar-refractivity contribution < 1.29 is 14.3 Å². The topological polar surface area (TPSA) is 47.6 Å². The van der Waals surface area contributed by atoms with Crippen molar-refractivity contribution in [1.29, 1.82) is 0 Å². The fraction of sp³-hybridized carbons (Fsp3) is 0.800. The van der Waals surface area contributed by atoms with Crippen LogP contribution in [-0.2, 0) is 9.47 Å². The third kappa shape index (κ3) is 5.10. The fourth-order valence-electron chi connectivity index (χ4n) is 0.295. The number of hydrogen-bond donors (Lipinski definition) is 1. The smallest absolute Gasteiger partial charge is 0.438 e. The van der Waals surface area contributed by atoms with Crippen LogP contribution in [0.4, 0.5) is 4.79 Å². The Morgan fingerprint density at radius 2 is 2.33 bits per heavy atom. The highest BCUT2D eigenvalue weighted by Crippen LogP contribution is 1.78. The van der Waals surface area contributed by atoms with Crippen LogP contribution in [0.2, 0.25) is 0 Å². The Morgan fingerprint density at radius 3 is 2.78 bits per heavy atom. The van der Waals surface area contributed by atoms with E-state index in [0.717, 1.165) is 0 Å². The molecule has 0 spiro atoms. The molecule has 54 valence electrons. The van der Waals surface area contributed by atoms with Crippen LogP contribution >= 0.6 is 0 Å². The van der Waals surface area contributed by atoms with Gasteiger partial charge in [0.25, 0.3) is 0 Å². The quantitative estimate of drug-likeness (QED) is 0.434. The summed E-state index contributed by atoms with van der Waals surface area (Å²) >= 11 is 0. The summed E-state index contributed by atoms with van der Waals surface area (Å²) in [5.74, 6) is 0. The van der Waals surface area contributed by atoms with Gasteiger partial charge < -0.3 is 14.8 Å². The van der Waals surface area contributed by atoms with E-state index in [1.54, 1.807) is 7.05 Å². The summed E-state index contributed by atoms with van der Waals surface area (Å²) in [6.07, 6.45) is -0.634. The van der Waals surface area contributed by atoms with Crippen molar-refractivity contribution in [3.63, 3.8) is 0 Å². The molecule has 0 aromatic rings. The molecule has 0 bridgehead atoms. The highest BCUT2D eigenvalue weighted by atomic mass is 16.7. The standard InChI is InChI=1S/C5H11NO3/c1-6-3-4-9-5(7)8-2/h6H,3-4H2,1-2H3. The van der Waals surface area contributed by atoms with Crippen molar-refractivity contribution >= 4 is 6.16 Å². The third-order valence-corrected chi connectivity index (χ3v) is 0.739. The lowest BCUT2D eigenvalue weighted by atomic mass is 10.7. The zero-order valence-electron chi connectivity index (χ0n) is 5.64. The molecule has 0 radical (unpaired) electrons. The van der Waals surface area contributed by atoms with Crippen LogP contribution < -0.4 is 5.32 Å². The Labute approximate surface area is 54.1 Å². The molecule has 0 aliphatic carbocycles. The fourth-order valence-corrected chi connectivity index (χ4v) is 0.295. The molecule has 0 saturated carbocycles. The number of methoxy groups -OCH3 is 1. The number of carbonyl (C=O) groups excluding carboxylic acids is 1. The second-order valence-corrected chi connectivity index (χ2v) is 1.41. The molecule has 0 aromatic carbocycles. The summed E-state index contributed by atoms with van der Waals surface area (Å²) in [6.45, 7) is 0.998. The number of hydrogen-bond acceptors (Lipinski definition) is 4. The van der Waals surface area contributed by atoms with Crippen LogP contribution in [0.3, 0.4) is 0 Å². The second kappa shape index (κ2) is 5.37. The summed E-state index contributed by atoms with van der Waals surface area (Å²) in [5.41, 5.74) is 0. The lowest BCUT2D eigenvalue weighted by Crippen LogP contribution is -2.17. The van der Waals surface area contributed by atoms with Gasteiger partial charge in [0.2, 0.25) is 0 Å². The SMILES string of the molecule is CNCCOC(=O)OC. The summed E-state index contributed by atoms with van der Waals surface area (Å²) in [5, 5.41) is 2.81. The molecule has 0 saturated heterocycles. The highest BCUT2D eigenvalue weighted by molar-refractivity contribution is 5.59. The molecule has 0 fully saturated rings. The largest absolute Gasteiger partial charge is 0.508 e. The van der Waals surface area contributed by atoms with E-state index in [4.69, 9.17) is 0 Å². The molecule has 9 heavy (non-hydrogen) atoms.